The van der Waals surface area contributed by atoms with Crippen molar-refractivity contribution in [2.24, 2.45) is 5.92 Å². The minimum Gasteiger partial charge on any atom is -0.313 e. The van der Waals surface area contributed by atoms with Crippen LogP contribution in [0.2, 0.25) is 5.02 Å². The van der Waals surface area contributed by atoms with Crippen molar-refractivity contribution in [3.05, 3.63) is 40.4 Å². The van der Waals surface area contributed by atoms with E-state index in [2.05, 4.69) is 5.32 Å². The zero-order valence-electron chi connectivity index (χ0n) is 14.9. The maximum absolute atomic E-state index is 13.3. The molecule has 1 aromatic rings. The maximum atomic E-state index is 13.3. The molecule has 0 bridgehead atoms. The summed E-state index contributed by atoms with van der Waals surface area (Å²) in [5.41, 5.74) is 1.14. The van der Waals surface area contributed by atoms with E-state index in [0.29, 0.717) is 28.9 Å². The summed E-state index contributed by atoms with van der Waals surface area (Å²) in [4.78, 5) is 0.450. The molecule has 7 heteroatoms. The molecule has 0 atom stereocenters. The number of likely N-dealkylation sites (N-methyl/N-ethyl adjacent to an activating group) is 1. The Bertz CT molecular complexity index is 754. The van der Waals surface area contributed by atoms with Gasteiger partial charge < -0.3 is 5.32 Å². The molecule has 0 radical (unpaired) electrons. The quantitative estimate of drug-likeness (QED) is 0.781. The molecule has 0 unspecified atom stereocenters. The van der Waals surface area contributed by atoms with Gasteiger partial charge in [-0.15, -0.1) is 12.4 Å². The summed E-state index contributed by atoms with van der Waals surface area (Å²) in [5.74, 6) is 0.504. The molecule has 25 heavy (non-hydrogen) atoms. The summed E-state index contributed by atoms with van der Waals surface area (Å²) >= 11 is 5.98. The highest BCUT2D eigenvalue weighted by atomic mass is 35.5. The van der Waals surface area contributed by atoms with Crippen LogP contribution in [-0.4, -0.2) is 37.9 Å². The lowest BCUT2D eigenvalue weighted by molar-refractivity contribution is 0.268. The largest absolute Gasteiger partial charge is 0.313 e. The zero-order chi connectivity index (χ0) is 17.5. The summed E-state index contributed by atoms with van der Waals surface area (Å²) in [6.07, 6.45) is 2.25. The second-order valence-electron chi connectivity index (χ2n) is 7.13. The molecule has 1 saturated carbocycles. The van der Waals surface area contributed by atoms with Gasteiger partial charge in [0.1, 0.15) is 0 Å². The Balaban J connectivity index is 0.00000225. The molecule has 1 heterocycles. The van der Waals surface area contributed by atoms with Gasteiger partial charge in [-0.05, 0) is 62.4 Å². The molecular formula is C18H26Cl2N2O2S. The average molecular weight is 405 g/mol. The van der Waals surface area contributed by atoms with Crippen LogP contribution in [0.5, 0.6) is 0 Å². The van der Waals surface area contributed by atoms with Crippen LogP contribution in [0.3, 0.4) is 0 Å². The summed E-state index contributed by atoms with van der Waals surface area (Å²) in [6, 6.07) is 7.11. The minimum atomic E-state index is -3.51. The monoisotopic (exact) mass is 404 g/mol. The van der Waals surface area contributed by atoms with E-state index in [4.69, 9.17) is 11.6 Å². The Morgan fingerprint density at radius 3 is 2.36 bits per heavy atom. The summed E-state index contributed by atoms with van der Waals surface area (Å²) in [5, 5.41) is 3.92. The van der Waals surface area contributed by atoms with Crippen molar-refractivity contribution in [2.75, 3.05) is 19.6 Å². The zero-order valence-corrected chi connectivity index (χ0v) is 17.3. The summed E-state index contributed by atoms with van der Waals surface area (Å²) in [7, 11) is -3.51. The third-order valence-corrected chi connectivity index (χ3v) is 7.40. The van der Waals surface area contributed by atoms with Crippen LogP contribution in [0.25, 0.3) is 4.91 Å². The standard InChI is InChI=1S/C18H25ClN2O2S.ClH/c1-4-20-11-16-17(14-7-9-15(19)10-8-14)24(22,23)21(18(16,2)3)12-13-5-6-13;/h7-10,13,20H,4-6,11-12H2,1-3H3;1H. The highest BCUT2D eigenvalue weighted by Crippen LogP contribution is 2.47. The molecule has 0 spiro atoms. The lowest BCUT2D eigenvalue weighted by Gasteiger charge is -2.32. The number of rotatable bonds is 6. The summed E-state index contributed by atoms with van der Waals surface area (Å²) < 4.78 is 28.4. The van der Waals surface area contributed by atoms with Crippen molar-refractivity contribution < 1.29 is 8.42 Å². The van der Waals surface area contributed by atoms with E-state index in [-0.39, 0.29) is 12.4 Å². The smallest absolute Gasteiger partial charge is 0.244 e. The van der Waals surface area contributed by atoms with E-state index in [1.807, 2.05) is 20.8 Å². The van der Waals surface area contributed by atoms with Gasteiger partial charge in [-0.1, -0.05) is 30.7 Å². The highest BCUT2D eigenvalue weighted by molar-refractivity contribution is 7.98. The molecule has 0 saturated heterocycles. The van der Waals surface area contributed by atoms with Gasteiger partial charge in [-0.2, -0.15) is 4.31 Å². The second-order valence-corrected chi connectivity index (χ2v) is 9.37. The van der Waals surface area contributed by atoms with E-state index < -0.39 is 15.6 Å². The van der Waals surface area contributed by atoms with Gasteiger partial charge in [0, 0.05) is 18.1 Å². The number of benzene rings is 1. The third-order valence-electron chi connectivity index (χ3n) is 4.96. The normalized spacial score (nSPS) is 22.1. The third kappa shape index (κ3) is 3.91. The van der Waals surface area contributed by atoms with Gasteiger partial charge in [-0.3, -0.25) is 0 Å². The van der Waals surface area contributed by atoms with E-state index in [1.165, 1.54) is 0 Å². The minimum absolute atomic E-state index is 0. The topological polar surface area (TPSA) is 49.4 Å². The lowest BCUT2D eigenvalue weighted by Crippen LogP contribution is -2.45. The molecule has 1 N–H and O–H groups in total. The molecule has 0 aromatic heterocycles. The lowest BCUT2D eigenvalue weighted by atomic mass is 9.91. The predicted octanol–water partition coefficient (Wildman–Crippen LogP) is 3.92. The van der Waals surface area contributed by atoms with Gasteiger partial charge in [-0.25, -0.2) is 8.42 Å². The molecule has 1 aliphatic carbocycles. The Morgan fingerprint density at radius 2 is 1.84 bits per heavy atom. The molecule has 0 amide bonds. The first-order valence-corrected chi connectivity index (χ1v) is 10.3. The van der Waals surface area contributed by atoms with Crippen LogP contribution >= 0.6 is 24.0 Å². The number of sulfonamides is 1. The fourth-order valence-corrected chi connectivity index (χ4v) is 5.86. The van der Waals surface area contributed by atoms with Crippen molar-refractivity contribution in [1.82, 2.24) is 9.62 Å². The van der Waals surface area contributed by atoms with Gasteiger partial charge in [0.15, 0.2) is 0 Å². The Morgan fingerprint density at radius 1 is 1.24 bits per heavy atom. The van der Waals surface area contributed by atoms with E-state index in [9.17, 15) is 8.42 Å². The molecule has 2 aliphatic rings. The van der Waals surface area contributed by atoms with Crippen molar-refractivity contribution in [2.45, 2.75) is 39.2 Å². The van der Waals surface area contributed by atoms with Crippen LogP contribution in [-0.2, 0) is 10.0 Å². The average Bonchev–Trinajstić information content (AvgIpc) is 3.31. The van der Waals surface area contributed by atoms with Crippen molar-refractivity contribution in [3.8, 4) is 0 Å². The van der Waals surface area contributed by atoms with E-state index in [0.717, 1.165) is 30.5 Å². The molecule has 1 aromatic carbocycles. The first kappa shape index (κ1) is 20.7. The van der Waals surface area contributed by atoms with Gasteiger partial charge in [0.2, 0.25) is 10.0 Å². The van der Waals surface area contributed by atoms with Crippen LogP contribution in [0.15, 0.2) is 29.8 Å². The highest BCUT2D eigenvalue weighted by Gasteiger charge is 2.51. The van der Waals surface area contributed by atoms with Crippen LogP contribution in [0, 0.1) is 5.92 Å². The number of hydrogen-bond donors (Lipinski definition) is 1. The first-order valence-electron chi connectivity index (χ1n) is 8.51. The van der Waals surface area contributed by atoms with Crippen molar-refractivity contribution >= 4 is 38.9 Å². The Hall–Kier alpha value is -0.590. The Kier molecular flexibility index (Phi) is 6.27. The molecule has 1 fully saturated rings. The van der Waals surface area contributed by atoms with Crippen molar-refractivity contribution in [1.29, 1.82) is 0 Å². The SMILES string of the molecule is CCNCC1=C(c2ccc(Cl)cc2)S(=O)(=O)N(CC2CC2)C1(C)C.Cl. The molecule has 3 rings (SSSR count). The van der Waals surface area contributed by atoms with Gasteiger partial charge in [0.05, 0.1) is 10.4 Å². The molecule has 1 aliphatic heterocycles. The molecule has 4 nitrogen and oxygen atoms in total. The predicted molar refractivity (Wildman–Crippen MR) is 107 cm³/mol. The van der Waals surface area contributed by atoms with E-state index in [1.54, 1.807) is 28.6 Å². The number of nitrogens with one attached hydrogen (secondary N) is 1. The maximum Gasteiger partial charge on any atom is 0.244 e. The number of hydrogen-bond acceptors (Lipinski definition) is 3. The first-order chi connectivity index (χ1) is 11.3. The van der Waals surface area contributed by atoms with Crippen molar-refractivity contribution in [3.63, 3.8) is 0 Å². The van der Waals surface area contributed by atoms with Crippen LogP contribution in [0.1, 0.15) is 39.2 Å². The fourth-order valence-electron chi connectivity index (χ4n) is 3.33. The molecule has 140 valence electrons. The number of nitrogens with zero attached hydrogens (tertiary/aromatic N) is 1. The van der Waals surface area contributed by atoms with Crippen LogP contribution in [0.4, 0.5) is 0 Å². The van der Waals surface area contributed by atoms with Crippen LogP contribution < -0.4 is 5.32 Å². The summed E-state index contributed by atoms with van der Waals surface area (Å²) in [6.45, 7) is 8.05. The Labute approximate surface area is 162 Å². The van der Waals surface area contributed by atoms with Gasteiger partial charge in [0.25, 0.3) is 0 Å². The van der Waals surface area contributed by atoms with E-state index >= 15 is 0 Å². The fraction of sp³-hybridized carbons (Fsp3) is 0.556. The molecular weight excluding hydrogens is 379 g/mol. The van der Waals surface area contributed by atoms with Gasteiger partial charge >= 0.3 is 0 Å². The number of halogens is 2. The second kappa shape index (κ2) is 7.57.